The Labute approximate surface area is 240 Å². The van der Waals surface area contributed by atoms with Gasteiger partial charge in [-0.2, -0.15) is 0 Å². The molecule has 0 bridgehead atoms. The first kappa shape index (κ1) is 27.8. The molecule has 5 aliphatic carbocycles. The van der Waals surface area contributed by atoms with Gasteiger partial charge in [-0.3, -0.25) is 4.79 Å². The number of fused-ring (bicyclic) bond motifs is 7. The van der Waals surface area contributed by atoms with E-state index in [-0.39, 0.29) is 44.7 Å². The van der Waals surface area contributed by atoms with E-state index in [4.69, 9.17) is 4.74 Å². The molecule has 0 aromatic carbocycles. The smallest absolute Gasteiger partial charge is 0.409 e. The molecule has 1 saturated heterocycles. The summed E-state index contributed by atoms with van der Waals surface area (Å²) in [7, 11) is 0. The van der Waals surface area contributed by atoms with Crippen molar-refractivity contribution in [2.45, 2.75) is 86.5 Å². The summed E-state index contributed by atoms with van der Waals surface area (Å²) in [4.78, 5) is 27.4. The lowest BCUT2D eigenvalue weighted by Gasteiger charge is -2.70. The summed E-state index contributed by atoms with van der Waals surface area (Å²) in [5, 5.41) is 13.7. The first-order valence-electron chi connectivity index (χ1n) is 15.5. The van der Waals surface area contributed by atoms with Gasteiger partial charge in [-0.1, -0.05) is 52.3 Å². The summed E-state index contributed by atoms with van der Waals surface area (Å²) in [6.45, 7) is 17.7. The van der Waals surface area contributed by atoms with Gasteiger partial charge in [0.1, 0.15) is 0 Å². The summed E-state index contributed by atoms with van der Waals surface area (Å²) < 4.78 is 6.00. The largest absolute Gasteiger partial charge is 0.504 e. The number of carbonyl (C=O) groups excluding carboxylic acids is 2. The van der Waals surface area contributed by atoms with E-state index in [0.717, 1.165) is 56.3 Å². The number of hydrogen-bond acceptors (Lipinski definition) is 5. The van der Waals surface area contributed by atoms with Gasteiger partial charge in [0.2, 0.25) is 5.78 Å². The predicted octanol–water partition coefficient (Wildman–Crippen LogP) is 6.65. The van der Waals surface area contributed by atoms with E-state index >= 15 is 0 Å². The maximum Gasteiger partial charge on any atom is 0.409 e. The highest BCUT2D eigenvalue weighted by Crippen LogP contribution is 2.75. The van der Waals surface area contributed by atoms with Crippen LogP contribution in [0.25, 0.3) is 0 Å². The minimum atomic E-state index is -0.264. The number of amides is 1. The molecule has 2 N–H and O–H groups in total. The van der Waals surface area contributed by atoms with Crippen molar-refractivity contribution in [1.29, 1.82) is 0 Å². The Morgan fingerprint density at radius 3 is 2.45 bits per heavy atom. The zero-order valence-corrected chi connectivity index (χ0v) is 25.4. The van der Waals surface area contributed by atoms with Crippen molar-refractivity contribution in [3.63, 3.8) is 0 Å². The summed E-state index contributed by atoms with van der Waals surface area (Å²) in [6.07, 6.45) is 13.8. The highest BCUT2D eigenvalue weighted by molar-refractivity contribution is 6.06. The van der Waals surface area contributed by atoms with Crippen LogP contribution in [0.15, 0.2) is 46.3 Å². The van der Waals surface area contributed by atoms with Gasteiger partial charge >= 0.3 is 6.09 Å². The van der Waals surface area contributed by atoms with E-state index in [1.807, 2.05) is 11.8 Å². The van der Waals surface area contributed by atoms with Crippen LogP contribution in [-0.2, 0) is 9.53 Å². The molecule has 6 nitrogen and oxygen atoms in total. The van der Waals surface area contributed by atoms with Crippen molar-refractivity contribution in [2.24, 2.45) is 33.0 Å². The Morgan fingerprint density at radius 1 is 1.02 bits per heavy atom. The Balaban J connectivity index is 1.30. The molecule has 1 aliphatic heterocycles. The lowest BCUT2D eigenvalue weighted by Crippen LogP contribution is -2.62. The minimum absolute atomic E-state index is 0.00291. The van der Waals surface area contributed by atoms with Gasteiger partial charge in [-0.25, -0.2) is 4.79 Å². The van der Waals surface area contributed by atoms with Crippen molar-refractivity contribution in [3.05, 3.63) is 46.3 Å². The highest BCUT2D eigenvalue weighted by atomic mass is 16.6. The van der Waals surface area contributed by atoms with Gasteiger partial charge in [-0.15, -0.1) is 0 Å². The van der Waals surface area contributed by atoms with E-state index in [9.17, 15) is 14.7 Å². The lowest BCUT2D eigenvalue weighted by atomic mass is 9.34. The molecule has 6 rings (SSSR count). The van der Waals surface area contributed by atoms with E-state index in [2.05, 4.69) is 52.1 Å². The van der Waals surface area contributed by atoms with Crippen LogP contribution in [0.1, 0.15) is 86.5 Å². The number of carbonyl (C=O) groups is 2. The molecular weight excluding hydrogens is 500 g/mol. The van der Waals surface area contributed by atoms with Crippen LogP contribution in [0.4, 0.5) is 4.79 Å². The zero-order chi connectivity index (χ0) is 28.7. The molecule has 1 amide bonds. The van der Waals surface area contributed by atoms with Crippen molar-refractivity contribution in [2.75, 3.05) is 32.8 Å². The molecule has 4 fully saturated rings. The van der Waals surface area contributed by atoms with Crippen LogP contribution in [0, 0.1) is 33.0 Å². The lowest BCUT2D eigenvalue weighted by molar-refractivity contribution is -0.166. The molecule has 0 aromatic heterocycles. The number of aliphatic hydroxyl groups is 1. The number of aliphatic hydroxyl groups excluding tert-OH is 1. The van der Waals surface area contributed by atoms with Crippen LogP contribution >= 0.6 is 0 Å². The Morgan fingerprint density at radius 2 is 1.73 bits per heavy atom. The third-order valence-corrected chi connectivity index (χ3v) is 12.9. The molecule has 40 heavy (non-hydrogen) atoms. The van der Waals surface area contributed by atoms with Crippen LogP contribution in [-0.4, -0.2) is 54.7 Å². The number of ether oxygens (including phenoxy) is 1. The number of nitrogens with one attached hydrogen (secondary N) is 1. The second-order valence-electron chi connectivity index (χ2n) is 15.2. The highest BCUT2D eigenvalue weighted by Gasteiger charge is 2.66. The van der Waals surface area contributed by atoms with E-state index in [0.29, 0.717) is 31.2 Å². The second-order valence-corrected chi connectivity index (χ2v) is 15.2. The van der Waals surface area contributed by atoms with Crippen LogP contribution in [0.3, 0.4) is 0 Å². The monoisotopic (exact) mass is 548 g/mol. The molecule has 0 radical (unpaired) electrons. The quantitative estimate of drug-likeness (QED) is 0.404. The van der Waals surface area contributed by atoms with Gasteiger partial charge in [0.05, 0.1) is 6.61 Å². The van der Waals surface area contributed by atoms with Gasteiger partial charge in [0, 0.05) is 42.6 Å². The number of rotatable bonds is 2. The molecule has 6 heteroatoms. The Hall–Kier alpha value is -2.34. The van der Waals surface area contributed by atoms with Crippen LogP contribution in [0.2, 0.25) is 0 Å². The fourth-order valence-corrected chi connectivity index (χ4v) is 9.83. The van der Waals surface area contributed by atoms with Gasteiger partial charge in [-0.05, 0) is 91.3 Å². The Bertz CT molecular complexity index is 1270. The van der Waals surface area contributed by atoms with Gasteiger partial charge < -0.3 is 20.1 Å². The summed E-state index contributed by atoms with van der Waals surface area (Å²) in [5.41, 5.74) is 4.43. The average molecular weight is 549 g/mol. The molecule has 6 atom stereocenters. The summed E-state index contributed by atoms with van der Waals surface area (Å²) in [5.74, 6) is 0.147. The van der Waals surface area contributed by atoms with E-state index in [1.54, 1.807) is 6.08 Å². The number of hydrogen-bond donors (Lipinski definition) is 2. The standard InChI is InChI=1S/C34H48N2O4/c1-22-23-7-8-26-32(4,24(23)19-25(37)28(22)38)12-14-34(6)27-20-30(2,9-10-31(27,3)11-13-33(26,34)5)21-40-29(39)36-17-15-35-16-18-36/h7-8,19,27,35,38H,9-18,20-21H2,1-6H3/t27-,30-,31-,32+,33-,34+/m1/s1. The first-order chi connectivity index (χ1) is 18.8. The normalized spacial score (nSPS) is 43.0. The molecule has 0 aromatic rings. The third-order valence-electron chi connectivity index (χ3n) is 12.9. The fourth-order valence-electron chi connectivity index (χ4n) is 9.83. The number of allylic oxidation sites excluding steroid dienone is 7. The number of nitrogens with zero attached hydrogens (tertiary/aromatic N) is 1. The van der Waals surface area contributed by atoms with Crippen molar-refractivity contribution in [1.82, 2.24) is 10.2 Å². The summed E-state index contributed by atoms with van der Waals surface area (Å²) >= 11 is 0. The maximum absolute atomic E-state index is 12.9. The minimum Gasteiger partial charge on any atom is -0.504 e. The molecular formula is C34H48N2O4. The maximum atomic E-state index is 12.9. The molecule has 3 saturated carbocycles. The van der Waals surface area contributed by atoms with Crippen LogP contribution in [0.5, 0.6) is 0 Å². The van der Waals surface area contributed by atoms with E-state index in [1.165, 1.54) is 18.4 Å². The molecule has 0 unspecified atom stereocenters. The average Bonchev–Trinajstić information content (AvgIpc) is 2.94. The van der Waals surface area contributed by atoms with Gasteiger partial charge in [0.15, 0.2) is 5.76 Å². The zero-order valence-electron chi connectivity index (χ0n) is 25.4. The molecule has 6 aliphatic rings. The topological polar surface area (TPSA) is 78.9 Å². The number of ketones is 1. The molecule has 0 spiro atoms. The SMILES string of the molecule is CC1=C(O)C(=O)C=C2C1=CC=C1[C@@]2(C)CC[C@@]2(C)[C@@H]3C[C@](C)(COC(=O)N4CCNCC4)CC[C@]3(C)CC[C@]12C. The van der Waals surface area contributed by atoms with E-state index < -0.39 is 0 Å². The fraction of sp³-hybridized carbons (Fsp3) is 0.706. The third kappa shape index (κ3) is 3.84. The Kier molecular flexibility index (Phi) is 6.31. The molecule has 218 valence electrons. The van der Waals surface area contributed by atoms with Crippen molar-refractivity contribution < 1.29 is 19.4 Å². The van der Waals surface area contributed by atoms with Crippen molar-refractivity contribution in [3.8, 4) is 0 Å². The number of piperazine rings is 1. The first-order valence-corrected chi connectivity index (χ1v) is 15.5. The predicted molar refractivity (Wildman–Crippen MR) is 157 cm³/mol. The molecule has 1 heterocycles. The van der Waals surface area contributed by atoms with Crippen molar-refractivity contribution >= 4 is 11.9 Å². The second kappa shape index (κ2) is 9.08. The van der Waals surface area contributed by atoms with Gasteiger partial charge in [0.25, 0.3) is 0 Å². The van der Waals surface area contributed by atoms with Crippen LogP contribution < -0.4 is 5.32 Å². The summed E-state index contributed by atoms with van der Waals surface area (Å²) in [6, 6.07) is 0.